The van der Waals surface area contributed by atoms with Crippen LogP contribution in [-0.4, -0.2) is 16.6 Å². The molecule has 1 aromatic heterocycles. The number of pyridine rings is 1. The number of amides is 1. The van der Waals surface area contributed by atoms with Gasteiger partial charge in [0.15, 0.2) is 0 Å². The first-order valence-corrected chi connectivity index (χ1v) is 5.99. The quantitative estimate of drug-likeness (QED) is 0.675. The van der Waals surface area contributed by atoms with Crippen LogP contribution in [0.4, 0.5) is 0 Å². The van der Waals surface area contributed by atoms with E-state index in [0.29, 0.717) is 11.3 Å². The molecule has 1 aromatic carbocycles. The number of benzene rings is 1. The summed E-state index contributed by atoms with van der Waals surface area (Å²) in [5.41, 5.74) is 5.64. The van der Waals surface area contributed by atoms with Crippen molar-refractivity contribution >= 4 is 11.6 Å². The Hall–Kier alpha value is -2.49. The molecule has 0 saturated heterocycles. The van der Waals surface area contributed by atoms with Crippen molar-refractivity contribution < 1.29 is 4.79 Å². The number of hydrogen-bond acceptors (Lipinski definition) is 3. The van der Waals surface area contributed by atoms with Gasteiger partial charge >= 0.3 is 0 Å². The van der Waals surface area contributed by atoms with Crippen molar-refractivity contribution in [3.05, 3.63) is 65.5 Å². The van der Waals surface area contributed by atoms with Crippen LogP contribution in [0.2, 0.25) is 0 Å². The van der Waals surface area contributed by atoms with Gasteiger partial charge in [-0.25, -0.2) is 5.43 Å². The molecule has 0 saturated carbocycles. The summed E-state index contributed by atoms with van der Waals surface area (Å²) in [6.07, 6.45) is 1.69. The third-order valence-electron chi connectivity index (χ3n) is 2.67. The highest BCUT2D eigenvalue weighted by Gasteiger charge is 2.04. The Morgan fingerprint density at radius 3 is 2.53 bits per heavy atom. The van der Waals surface area contributed by atoms with E-state index in [1.165, 1.54) is 0 Å². The molecule has 0 fully saturated rings. The maximum Gasteiger partial charge on any atom is 0.271 e. The molecule has 0 radical (unpaired) electrons. The lowest BCUT2D eigenvalue weighted by Crippen LogP contribution is -2.19. The Bertz CT molecular complexity index is 589. The van der Waals surface area contributed by atoms with E-state index in [4.69, 9.17) is 0 Å². The monoisotopic (exact) mass is 253 g/mol. The molecule has 4 heteroatoms. The van der Waals surface area contributed by atoms with Crippen molar-refractivity contribution in [3.8, 4) is 0 Å². The van der Waals surface area contributed by atoms with E-state index in [1.54, 1.807) is 25.3 Å². The zero-order valence-corrected chi connectivity index (χ0v) is 10.9. The summed E-state index contributed by atoms with van der Waals surface area (Å²) in [4.78, 5) is 16.0. The summed E-state index contributed by atoms with van der Waals surface area (Å²) in [5.74, 6) is -0.227. The normalized spacial score (nSPS) is 11.2. The second-order valence-corrected chi connectivity index (χ2v) is 4.22. The number of nitrogens with zero attached hydrogens (tertiary/aromatic N) is 2. The number of carbonyl (C=O) groups excluding carboxylic acids is 1. The number of nitrogens with one attached hydrogen (secondary N) is 1. The third kappa shape index (κ3) is 3.48. The van der Waals surface area contributed by atoms with Gasteiger partial charge in [0.05, 0.1) is 11.4 Å². The Balaban J connectivity index is 2.06. The first kappa shape index (κ1) is 13.0. The van der Waals surface area contributed by atoms with Gasteiger partial charge in [-0.2, -0.15) is 5.10 Å². The molecule has 0 bridgehead atoms. The smallest absolute Gasteiger partial charge is 0.267 e. The molecule has 0 aliphatic carbocycles. The Morgan fingerprint density at radius 1 is 1.16 bits per heavy atom. The predicted molar refractivity (Wildman–Crippen MR) is 75.1 cm³/mol. The molecular formula is C15H15N3O. The largest absolute Gasteiger partial charge is 0.271 e. The summed E-state index contributed by atoms with van der Waals surface area (Å²) >= 11 is 0. The zero-order valence-electron chi connectivity index (χ0n) is 10.9. The highest BCUT2D eigenvalue weighted by molar-refractivity contribution is 5.99. The molecule has 0 spiro atoms. The second kappa shape index (κ2) is 5.91. The lowest BCUT2D eigenvalue weighted by Gasteiger charge is -2.02. The van der Waals surface area contributed by atoms with Gasteiger partial charge in [-0.15, -0.1) is 0 Å². The highest BCUT2D eigenvalue weighted by Crippen LogP contribution is 2.03. The van der Waals surface area contributed by atoms with Gasteiger partial charge in [0.2, 0.25) is 0 Å². The molecule has 0 atom stereocenters. The standard InChI is InChI=1S/C15H15N3O/c1-11-6-8-13(9-7-11)15(19)18-17-12(2)14-5-3-4-10-16-14/h3-10H,1-2H3,(H,18,19)/b17-12+. The Kier molecular flexibility index (Phi) is 4.03. The van der Waals surface area contributed by atoms with Crippen LogP contribution in [0.1, 0.15) is 28.5 Å². The molecule has 2 rings (SSSR count). The van der Waals surface area contributed by atoms with Gasteiger partial charge in [-0.3, -0.25) is 9.78 Å². The molecule has 0 aliphatic heterocycles. The summed E-state index contributed by atoms with van der Waals surface area (Å²) in [6, 6.07) is 12.9. The van der Waals surface area contributed by atoms with Gasteiger partial charge in [0, 0.05) is 11.8 Å². The minimum absolute atomic E-state index is 0.227. The van der Waals surface area contributed by atoms with Crippen LogP contribution in [0, 0.1) is 6.92 Å². The van der Waals surface area contributed by atoms with Crippen molar-refractivity contribution in [2.75, 3.05) is 0 Å². The summed E-state index contributed by atoms with van der Waals surface area (Å²) in [6.45, 7) is 3.78. The van der Waals surface area contributed by atoms with Crippen LogP contribution < -0.4 is 5.43 Å². The lowest BCUT2D eigenvalue weighted by atomic mass is 10.1. The summed E-state index contributed by atoms with van der Waals surface area (Å²) < 4.78 is 0. The van der Waals surface area contributed by atoms with Gasteiger partial charge in [0.25, 0.3) is 5.91 Å². The highest BCUT2D eigenvalue weighted by atomic mass is 16.2. The average Bonchev–Trinajstić information content (AvgIpc) is 2.46. The van der Waals surface area contributed by atoms with E-state index in [-0.39, 0.29) is 5.91 Å². The van der Waals surface area contributed by atoms with Gasteiger partial charge in [0.1, 0.15) is 0 Å². The van der Waals surface area contributed by atoms with Crippen LogP contribution in [-0.2, 0) is 0 Å². The van der Waals surface area contributed by atoms with E-state index in [1.807, 2.05) is 37.3 Å². The van der Waals surface area contributed by atoms with E-state index in [2.05, 4.69) is 15.5 Å². The maximum absolute atomic E-state index is 11.9. The molecule has 1 heterocycles. The second-order valence-electron chi connectivity index (χ2n) is 4.22. The van der Waals surface area contributed by atoms with E-state index < -0.39 is 0 Å². The molecule has 2 aromatic rings. The number of aromatic nitrogens is 1. The molecule has 1 N–H and O–H groups in total. The average molecular weight is 253 g/mol. The van der Waals surface area contributed by atoms with E-state index in [0.717, 1.165) is 11.3 Å². The molecule has 96 valence electrons. The molecule has 0 unspecified atom stereocenters. The molecule has 1 amide bonds. The fourth-order valence-electron chi connectivity index (χ4n) is 1.54. The molecule has 4 nitrogen and oxygen atoms in total. The van der Waals surface area contributed by atoms with Crippen molar-refractivity contribution in [1.82, 2.24) is 10.4 Å². The van der Waals surface area contributed by atoms with Crippen molar-refractivity contribution in [2.45, 2.75) is 13.8 Å². The number of rotatable bonds is 3. The minimum Gasteiger partial charge on any atom is -0.267 e. The number of carbonyl (C=O) groups is 1. The van der Waals surface area contributed by atoms with E-state index in [9.17, 15) is 4.79 Å². The first-order valence-electron chi connectivity index (χ1n) is 5.99. The molecule has 19 heavy (non-hydrogen) atoms. The van der Waals surface area contributed by atoms with Crippen LogP contribution in [0.25, 0.3) is 0 Å². The number of hydrogen-bond donors (Lipinski definition) is 1. The van der Waals surface area contributed by atoms with Gasteiger partial charge in [-0.05, 0) is 38.1 Å². The Labute approximate surface area is 112 Å². The minimum atomic E-state index is -0.227. The number of aryl methyl sites for hydroxylation is 1. The fraction of sp³-hybridized carbons (Fsp3) is 0.133. The van der Waals surface area contributed by atoms with Crippen molar-refractivity contribution in [1.29, 1.82) is 0 Å². The fourth-order valence-corrected chi connectivity index (χ4v) is 1.54. The van der Waals surface area contributed by atoms with Crippen LogP contribution in [0.5, 0.6) is 0 Å². The predicted octanol–water partition coefficient (Wildman–Crippen LogP) is 2.54. The first-order chi connectivity index (χ1) is 9.16. The van der Waals surface area contributed by atoms with Crippen molar-refractivity contribution in [3.63, 3.8) is 0 Å². The molecule has 0 aliphatic rings. The maximum atomic E-state index is 11.9. The van der Waals surface area contributed by atoms with Gasteiger partial charge in [-0.1, -0.05) is 23.8 Å². The SMILES string of the molecule is C/C(=N\NC(=O)c1ccc(C)cc1)c1ccccn1. The third-order valence-corrected chi connectivity index (χ3v) is 2.67. The lowest BCUT2D eigenvalue weighted by molar-refractivity contribution is 0.0955. The van der Waals surface area contributed by atoms with Gasteiger partial charge < -0.3 is 0 Å². The Morgan fingerprint density at radius 2 is 1.89 bits per heavy atom. The van der Waals surface area contributed by atoms with Crippen molar-refractivity contribution in [2.24, 2.45) is 5.10 Å². The summed E-state index contributed by atoms with van der Waals surface area (Å²) in [7, 11) is 0. The molecular weight excluding hydrogens is 238 g/mol. The summed E-state index contributed by atoms with van der Waals surface area (Å²) in [5, 5.41) is 4.05. The van der Waals surface area contributed by atoms with Crippen LogP contribution in [0.15, 0.2) is 53.8 Å². The topological polar surface area (TPSA) is 54.4 Å². The van der Waals surface area contributed by atoms with Crippen LogP contribution in [0.3, 0.4) is 0 Å². The zero-order chi connectivity index (χ0) is 13.7. The number of hydrazone groups is 1. The van der Waals surface area contributed by atoms with Crippen LogP contribution >= 0.6 is 0 Å². The van der Waals surface area contributed by atoms with E-state index >= 15 is 0 Å².